The van der Waals surface area contributed by atoms with Crippen molar-refractivity contribution < 1.29 is 9.47 Å². The predicted molar refractivity (Wildman–Crippen MR) is 132 cm³/mol. The first kappa shape index (κ1) is 25.1. The lowest BCUT2D eigenvalue weighted by Gasteiger charge is -2.34. The maximum absolute atomic E-state index is 5.94. The van der Waals surface area contributed by atoms with Gasteiger partial charge in [-0.05, 0) is 43.2 Å². The standard InChI is InChI=1S/C22H37N5O2.HI/c1-4-23-22(26-13-20-15-27(9-10-28-20)14-17(2)3)25-12-19-7-8-24-21(11-19)29-16-18-5-6-18;/h7-8,11,17-18,20H,4-6,9-10,12-16H2,1-3H3,(H2,23,25,26);1H. The number of aromatic nitrogens is 1. The Morgan fingerprint density at radius 1 is 1.37 bits per heavy atom. The number of nitrogens with zero attached hydrogens (tertiary/aromatic N) is 3. The minimum Gasteiger partial charge on any atom is -0.477 e. The summed E-state index contributed by atoms with van der Waals surface area (Å²) in [6.07, 6.45) is 4.55. The minimum absolute atomic E-state index is 0. The van der Waals surface area contributed by atoms with Crippen LogP contribution in [0.2, 0.25) is 0 Å². The van der Waals surface area contributed by atoms with Crippen LogP contribution in [0.3, 0.4) is 0 Å². The zero-order valence-corrected chi connectivity index (χ0v) is 20.9. The molecule has 0 aromatic carbocycles. The highest BCUT2D eigenvalue weighted by Gasteiger charge is 2.22. The van der Waals surface area contributed by atoms with Gasteiger partial charge >= 0.3 is 0 Å². The summed E-state index contributed by atoms with van der Waals surface area (Å²) in [5, 5.41) is 6.76. The Morgan fingerprint density at radius 3 is 2.93 bits per heavy atom. The molecule has 1 atom stereocenters. The monoisotopic (exact) mass is 531 g/mol. The predicted octanol–water partition coefficient (Wildman–Crippen LogP) is 2.90. The maximum atomic E-state index is 5.94. The number of morpholine rings is 1. The van der Waals surface area contributed by atoms with Crippen molar-refractivity contribution in [1.82, 2.24) is 20.5 Å². The Bertz CT molecular complexity index is 654. The summed E-state index contributed by atoms with van der Waals surface area (Å²) in [6, 6.07) is 3.98. The molecule has 1 saturated carbocycles. The number of rotatable bonds is 10. The summed E-state index contributed by atoms with van der Waals surface area (Å²) in [6.45, 7) is 13.5. The van der Waals surface area contributed by atoms with E-state index in [0.29, 0.717) is 18.3 Å². The fourth-order valence-corrected chi connectivity index (χ4v) is 3.42. The van der Waals surface area contributed by atoms with Gasteiger partial charge in [-0.2, -0.15) is 0 Å². The van der Waals surface area contributed by atoms with E-state index >= 15 is 0 Å². The number of nitrogens with one attached hydrogen (secondary N) is 2. The number of halogens is 1. The zero-order chi connectivity index (χ0) is 20.5. The molecule has 0 radical (unpaired) electrons. The van der Waals surface area contributed by atoms with Gasteiger partial charge in [-0.3, -0.25) is 4.90 Å². The molecule has 1 aliphatic heterocycles. The highest BCUT2D eigenvalue weighted by atomic mass is 127. The lowest BCUT2D eigenvalue weighted by molar-refractivity contribution is -0.0284. The molecule has 0 amide bonds. The van der Waals surface area contributed by atoms with E-state index in [4.69, 9.17) is 14.5 Å². The Kier molecular flexibility index (Phi) is 11.2. The second-order valence-electron chi connectivity index (χ2n) is 8.48. The molecule has 1 aliphatic carbocycles. The molecular formula is C22H38IN5O2. The Labute approximate surface area is 198 Å². The zero-order valence-electron chi connectivity index (χ0n) is 18.6. The van der Waals surface area contributed by atoms with E-state index in [1.807, 2.05) is 12.1 Å². The van der Waals surface area contributed by atoms with Crippen molar-refractivity contribution in [3.63, 3.8) is 0 Å². The van der Waals surface area contributed by atoms with Crippen molar-refractivity contribution >= 4 is 29.9 Å². The van der Waals surface area contributed by atoms with Crippen molar-refractivity contribution in [2.24, 2.45) is 16.8 Å². The third-order valence-electron chi connectivity index (χ3n) is 5.07. The largest absolute Gasteiger partial charge is 0.477 e. The fourth-order valence-electron chi connectivity index (χ4n) is 3.42. The molecule has 2 heterocycles. The van der Waals surface area contributed by atoms with Crippen LogP contribution in [0.1, 0.15) is 39.2 Å². The first-order valence-corrected chi connectivity index (χ1v) is 11.1. The summed E-state index contributed by atoms with van der Waals surface area (Å²) in [5.74, 6) is 2.92. The van der Waals surface area contributed by atoms with Gasteiger partial charge in [0.05, 0.1) is 25.9 Å². The molecule has 0 bridgehead atoms. The van der Waals surface area contributed by atoms with Crippen LogP contribution in [0.25, 0.3) is 0 Å². The summed E-state index contributed by atoms with van der Waals surface area (Å²) in [5.41, 5.74) is 1.10. The first-order valence-electron chi connectivity index (χ1n) is 11.1. The Hall–Kier alpha value is -1.13. The van der Waals surface area contributed by atoms with Gasteiger partial charge in [-0.1, -0.05) is 13.8 Å². The summed E-state index contributed by atoms with van der Waals surface area (Å²) >= 11 is 0. The van der Waals surface area contributed by atoms with E-state index in [1.54, 1.807) is 6.20 Å². The first-order chi connectivity index (χ1) is 14.1. The fraction of sp³-hybridized carbons (Fsp3) is 0.727. The number of hydrogen-bond acceptors (Lipinski definition) is 5. The second kappa shape index (κ2) is 13.3. The van der Waals surface area contributed by atoms with Crippen LogP contribution in [0.5, 0.6) is 5.88 Å². The van der Waals surface area contributed by atoms with Gasteiger partial charge in [-0.15, -0.1) is 24.0 Å². The van der Waals surface area contributed by atoms with Crippen LogP contribution in [-0.4, -0.2) is 67.9 Å². The smallest absolute Gasteiger partial charge is 0.213 e. The van der Waals surface area contributed by atoms with Gasteiger partial charge < -0.3 is 20.1 Å². The normalized spacial score (nSPS) is 20.0. The molecule has 2 aliphatic rings. The molecule has 0 spiro atoms. The van der Waals surface area contributed by atoms with Crippen LogP contribution >= 0.6 is 24.0 Å². The van der Waals surface area contributed by atoms with Gasteiger partial charge in [0.2, 0.25) is 5.88 Å². The molecule has 30 heavy (non-hydrogen) atoms. The lowest BCUT2D eigenvalue weighted by Crippen LogP contribution is -2.50. The van der Waals surface area contributed by atoms with Crippen LogP contribution in [0.4, 0.5) is 0 Å². The molecule has 2 fully saturated rings. The summed E-state index contributed by atoms with van der Waals surface area (Å²) in [7, 11) is 0. The molecule has 1 aromatic rings. The molecule has 7 nitrogen and oxygen atoms in total. The van der Waals surface area contributed by atoms with E-state index in [2.05, 4.69) is 41.3 Å². The number of aliphatic imine (C=N–C) groups is 1. The Balaban J connectivity index is 0.00000320. The highest BCUT2D eigenvalue weighted by Crippen LogP contribution is 2.29. The van der Waals surface area contributed by atoms with E-state index < -0.39 is 0 Å². The number of guanidine groups is 1. The van der Waals surface area contributed by atoms with Crippen molar-refractivity contribution in [1.29, 1.82) is 0 Å². The molecular weight excluding hydrogens is 493 g/mol. The molecule has 3 rings (SSSR count). The van der Waals surface area contributed by atoms with Gasteiger partial charge in [-0.25, -0.2) is 9.98 Å². The number of ether oxygens (including phenoxy) is 2. The number of hydrogen-bond donors (Lipinski definition) is 2. The van der Waals surface area contributed by atoms with Crippen molar-refractivity contribution in [2.75, 3.05) is 45.9 Å². The average molecular weight is 531 g/mol. The van der Waals surface area contributed by atoms with Crippen LogP contribution in [0.15, 0.2) is 23.3 Å². The third-order valence-corrected chi connectivity index (χ3v) is 5.07. The van der Waals surface area contributed by atoms with E-state index in [9.17, 15) is 0 Å². The van der Waals surface area contributed by atoms with Gasteiger partial charge in [0.25, 0.3) is 0 Å². The molecule has 2 N–H and O–H groups in total. The van der Waals surface area contributed by atoms with E-state index in [1.165, 1.54) is 12.8 Å². The van der Waals surface area contributed by atoms with Gasteiger partial charge in [0.15, 0.2) is 5.96 Å². The topological polar surface area (TPSA) is 71.0 Å². The van der Waals surface area contributed by atoms with Crippen LogP contribution in [-0.2, 0) is 11.3 Å². The van der Waals surface area contributed by atoms with Crippen LogP contribution < -0.4 is 15.4 Å². The third kappa shape index (κ3) is 9.34. The lowest BCUT2D eigenvalue weighted by atomic mass is 10.2. The molecule has 170 valence electrons. The summed E-state index contributed by atoms with van der Waals surface area (Å²) < 4.78 is 11.7. The molecule has 1 saturated heterocycles. The molecule has 1 unspecified atom stereocenters. The van der Waals surface area contributed by atoms with E-state index in [-0.39, 0.29) is 30.1 Å². The highest BCUT2D eigenvalue weighted by molar-refractivity contribution is 14.0. The van der Waals surface area contributed by atoms with Crippen molar-refractivity contribution in [3.05, 3.63) is 23.9 Å². The summed E-state index contributed by atoms with van der Waals surface area (Å²) in [4.78, 5) is 11.5. The quantitative estimate of drug-likeness (QED) is 0.275. The van der Waals surface area contributed by atoms with Crippen molar-refractivity contribution in [3.8, 4) is 5.88 Å². The number of pyridine rings is 1. The van der Waals surface area contributed by atoms with Gasteiger partial charge in [0, 0.05) is 45.0 Å². The minimum atomic E-state index is 0. The SMILES string of the molecule is CCNC(=NCc1ccnc(OCC2CC2)c1)NCC1CN(CC(C)C)CCO1.I. The van der Waals surface area contributed by atoms with Gasteiger partial charge in [0.1, 0.15) is 0 Å². The molecule has 1 aromatic heterocycles. The van der Waals surface area contributed by atoms with Crippen molar-refractivity contribution in [2.45, 2.75) is 46.3 Å². The maximum Gasteiger partial charge on any atom is 0.213 e. The van der Waals surface area contributed by atoms with E-state index in [0.717, 1.165) is 63.4 Å². The Morgan fingerprint density at radius 2 is 2.20 bits per heavy atom. The molecule has 8 heteroatoms. The average Bonchev–Trinajstić information content (AvgIpc) is 3.53. The second-order valence-corrected chi connectivity index (χ2v) is 8.48. The van der Waals surface area contributed by atoms with Crippen LogP contribution in [0, 0.1) is 11.8 Å².